The Hall–Kier alpha value is -1.69. The van der Waals surface area contributed by atoms with Crippen molar-refractivity contribution in [3.8, 4) is 0 Å². The molecule has 0 saturated carbocycles. The summed E-state index contributed by atoms with van der Waals surface area (Å²) in [4.78, 5) is 6.32. The highest BCUT2D eigenvalue weighted by molar-refractivity contribution is 5.88. The monoisotopic (exact) mass is 410 g/mol. The highest BCUT2D eigenvalue weighted by Gasteiger charge is 2.53. The molecule has 0 aromatic heterocycles. The summed E-state index contributed by atoms with van der Waals surface area (Å²) in [5, 5.41) is 24.5. The molecule has 1 aromatic rings. The molecule has 4 aliphatic rings. The number of ether oxygens (including phenoxy) is 2. The molecular weight excluding hydrogens is 386 g/mol. The molecule has 5 rings (SSSR count). The van der Waals surface area contributed by atoms with Gasteiger partial charge in [-0.25, -0.2) is 8.78 Å². The number of rotatable bonds is 2. The minimum absolute atomic E-state index is 0.0134. The van der Waals surface area contributed by atoms with Crippen molar-refractivity contribution in [2.45, 2.75) is 49.7 Å². The number of aliphatic hydroxyl groups is 2. The zero-order chi connectivity index (χ0) is 20.3. The number of nitrogens with zero attached hydrogens (tertiary/aromatic N) is 2. The van der Waals surface area contributed by atoms with Gasteiger partial charge in [-0.3, -0.25) is 10.3 Å². The lowest BCUT2D eigenvalue weighted by atomic mass is 9.91. The summed E-state index contributed by atoms with van der Waals surface area (Å²) in [5.74, 6) is -1.13. The number of fused-ring (bicyclic) bond motifs is 2. The Labute approximate surface area is 166 Å². The van der Waals surface area contributed by atoms with Gasteiger partial charge in [0.25, 0.3) is 0 Å². The Morgan fingerprint density at radius 3 is 2.83 bits per heavy atom. The summed E-state index contributed by atoms with van der Waals surface area (Å²) >= 11 is 0. The third kappa shape index (κ3) is 3.06. The average Bonchev–Trinajstić information content (AvgIpc) is 3.25. The van der Waals surface area contributed by atoms with E-state index in [0.717, 1.165) is 24.4 Å². The number of aliphatic hydroxyl groups excluding tert-OH is 2. The van der Waals surface area contributed by atoms with Crippen molar-refractivity contribution < 1.29 is 28.5 Å². The molecular formula is C19H24F2N4O4. The molecule has 0 amide bonds. The number of hydrogen-bond acceptors (Lipinski definition) is 8. The van der Waals surface area contributed by atoms with Gasteiger partial charge in [0.1, 0.15) is 30.3 Å². The van der Waals surface area contributed by atoms with E-state index >= 15 is 0 Å². The number of hydrogen-bond donors (Lipinski definition) is 4. The Morgan fingerprint density at radius 2 is 2.00 bits per heavy atom. The standard InChI is InChI=1S/C19H24F2N4O4/c20-11-5-8-2-4-28-15(10(8)6-12(11)21)16-13(26)14(27)19(29-16)25-3-1-9-17(22)23-7-24-18(9)25/h5-6,9,13-17,19,23,26-27H,1-4,7,22H2/t9?,13-,14+,15+,16-,17?,19+/m0/s1. The van der Waals surface area contributed by atoms with Crippen LogP contribution in [0.2, 0.25) is 0 Å². The van der Waals surface area contributed by atoms with Crippen molar-refractivity contribution in [2.75, 3.05) is 19.8 Å². The Kier molecular flexibility index (Phi) is 4.80. The van der Waals surface area contributed by atoms with Crippen molar-refractivity contribution in [1.29, 1.82) is 0 Å². The van der Waals surface area contributed by atoms with Crippen LogP contribution in [0.25, 0.3) is 0 Å². The summed E-state index contributed by atoms with van der Waals surface area (Å²) in [6.45, 7) is 1.25. The molecule has 1 aromatic carbocycles. The molecule has 2 unspecified atom stereocenters. The molecule has 4 aliphatic heterocycles. The largest absolute Gasteiger partial charge is 0.387 e. The molecule has 158 valence electrons. The predicted molar refractivity (Wildman–Crippen MR) is 97.7 cm³/mol. The average molecular weight is 410 g/mol. The van der Waals surface area contributed by atoms with Gasteiger partial charge < -0.3 is 30.3 Å². The lowest BCUT2D eigenvalue weighted by Gasteiger charge is -2.34. The Morgan fingerprint density at radius 1 is 1.21 bits per heavy atom. The number of likely N-dealkylation sites (tertiary alicyclic amines) is 1. The predicted octanol–water partition coefficient (Wildman–Crippen LogP) is -0.409. The number of amidine groups is 1. The second-order valence-electron chi connectivity index (χ2n) is 7.97. The van der Waals surface area contributed by atoms with Gasteiger partial charge in [0.15, 0.2) is 17.9 Å². The molecule has 5 N–H and O–H groups in total. The maximum atomic E-state index is 13.9. The van der Waals surface area contributed by atoms with Crippen molar-refractivity contribution in [3.63, 3.8) is 0 Å². The van der Waals surface area contributed by atoms with Crippen LogP contribution in [0.15, 0.2) is 17.1 Å². The van der Waals surface area contributed by atoms with Gasteiger partial charge in [0.05, 0.1) is 19.4 Å². The second kappa shape index (κ2) is 7.22. The second-order valence-corrected chi connectivity index (χ2v) is 7.97. The first-order valence-corrected chi connectivity index (χ1v) is 9.86. The van der Waals surface area contributed by atoms with Gasteiger partial charge in [-0.2, -0.15) is 0 Å². The van der Waals surface area contributed by atoms with Crippen molar-refractivity contribution in [1.82, 2.24) is 10.2 Å². The van der Waals surface area contributed by atoms with E-state index in [1.807, 2.05) is 4.90 Å². The molecule has 0 radical (unpaired) electrons. The highest BCUT2D eigenvalue weighted by Crippen LogP contribution is 2.40. The first-order valence-electron chi connectivity index (χ1n) is 9.86. The van der Waals surface area contributed by atoms with Crippen LogP contribution in [0.3, 0.4) is 0 Å². The van der Waals surface area contributed by atoms with Gasteiger partial charge in [-0.1, -0.05) is 0 Å². The van der Waals surface area contributed by atoms with Crippen LogP contribution in [-0.4, -0.2) is 71.5 Å². The van der Waals surface area contributed by atoms with Crippen LogP contribution < -0.4 is 11.1 Å². The van der Waals surface area contributed by atoms with E-state index < -0.39 is 42.3 Å². The van der Waals surface area contributed by atoms with Crippen LogP contribution in [0.5, 0.6) is 0 Å². The van der Waals surface area contributed by atoms with E-state index in [2.05, 4.69) is 10.3 Å². The van der Waals surface area contributed by atoms with E-state index in [1.165, 1.54) is 0 Å². The minimum atomic E-state index is -1.25. The van der Waals surface area contributed by atoms with E-state index in [1.54, 1.807) is 0 Å². The van der Waals surface area contributed by atoms with Crippen molar-refractivity contribution in [3.05, 3.63) is 34.9 Å². The van der Waals surface area contributed by atoms with Crippen LogP contribution in [0, 0.1) is 17.6 Å². The fourth-order valence-electron chi connectivity index (χ4n) is 4.85. The molecule has 29 heavy (non-hydrogen) atoms. The minimum Gasteiger partial charge on any atom is -0.387 e. The summed E-state index contributed by atoms with van der Waals surface area (Å²) in [5.41, 5.74) is 7.16. The maximum Gasteiger partial charge on any atom is 0.160 e. The molecule has 0 spiro atoms. The molecule has 2 fully saturated rings. The molecule has 0 bridgehead atoms. The van der Waals surface area contributed by atoms with Crippen molar-refractivity contribution >= 4 is 5.84 Å². The zero-order valence-electron chi connectivity index (χ0n) is 15.7. The summed E-state index contributed by atoms with van der Waals surface area (Å²) in [6, 6.07) is 2.25. The molecule has 8 nitrogen and oxygen atoms in total. The molecule has 2 saturated heterocycles. The van der Waals surface area contributed by atoms with Crippen LogP contribution in [0.4, 0.5) is 8.78 Å². The lowest BCUT2D eigenvalue weighted by molar-refractivity contribution is -0.120. The normalized spacial score (nSPS) is 39.3. The SMILES string of the molecule is NC1NCN=C2C1CCN2[C@@H]1O[C@H]([C@@H]2OCCc3cc(F)c(F)cc32)[C@@H](O)[C@H]1O. The van der Waals surface area contributed by atoms with Gasteiger partial charge in [0, 0.05) is 12.5 Å². The summed E-state index contributed by atoms with van der Waals surface area (Å²) in [7, 11) is 0. The highest BCUT2D eigenvalue weighted by atomic mass is 19.2. The van der Waals surface area contributed by atoms with Gasteiger partial charge >= 0.3 is 0 Å². The molecule has 10 heteroatoms. The van der Waals surface area contributed by atoms with E-state index in [4.69, 9.17) is 15.2 Å². The van der Waals surface area contributed by atoms with Crippen molar-refractivity contribution in [2.24, 2.45) is 16.6 Å². The summed E-state index contributed by atoms with van der Waals surface area (Å²) in [6.07, 6.45) is -4.03. The van der Waals surface area contributed by atoms with E-state index in [0.29, 0.717) is 30.8 Å². The number of nitrogens with one attached hydrogen (secondary N) is 1. The Balaban J connectivity index is 1.42. The van der Waals surface area contributed by atoms with E-state index in [9.17, 15) is 19.0 Å². The fourth-order valence-corrected chi connectivity index (χ4v) is 4.85. The fraction of sp³-hybridized carbons (Fsp3) is 0.632. The third-order valence-corrected chi connectivity index (χ3v) is 6.35. The van der Waals surface area contributed by atoms with Crippen LogP contribution >= 0.6 is 0 Å². The number of benzene rings is 1. The first-order chi connectivity index (χ1) is 14.0. The zero-order valence-corrected chi connectivity index (χ0v) is 15.7. The molecule has 0 aliphatic carbocycles. The van der Waals surface area contributed by atoms with Crippen LogP contribution in [-0.2, 0) is 15.9 Å². The van der Waals surface area contributed by atoms with E-state index in [-0.39, 0.29) is 18.7 Å². The molecule has 4 heterocycles. The number of halogens is 2. The number of aliphatic imine (C=N–C) groups is 1. The topological polar surface area (TPSA) is 113 Å². The van der Waals surface area contributed by atoms with Gasteiger partial charge in [-0.15, -0.1) is 0 Å². The van der Waals surface area contributed by atoms with Crippen LogP contribution in [0.1, 0.15) is 23.7 Å². The lowest BCUT2D eigenvalue weighted by Crippen LogP contribution is -2.53. The third-order valence-electron chi connectivity index (χ3n) is 6.35. The van der Waals surface area contributed by atoms with Gasteiger partial charge in [0.2, 0.25) is 0 Å². The first kappa shape index (κ1) is 19.3. The number of nitrogens with two attached hydrogens (primary N) is 1. The summed E-state index contributed by atoms with van der Waals surface area (Å²) < 4.78 is 39.3. The maximum absolute atomic E-state index is 13.9. The quantitative estimate of drug-likeness (QED) is 0.524. The molecule has 7 atom stereocenters. The van der Waals surface area contributed by atoms with Gasteiger partial charge in [-0.05, 0) is 36.1 Å². The Bertz CT molecular complexity index is 841. The smallest absolute Gasteiger partial charge is 0.160 e.